The van der Waals surface area contributed by atoms with Crippen LogP contribution >= 0.6 is 0 Å². The van der Waals surface area contributed by atoms with Gasteiger partial charge >= 0.3 is 10.1 Å². The molecule has 2 unspecified atom stereocenters. The average Bonchev–Trinajstić information content (AvgIpc) is 2.60. The third-order valence-electron chi connectivity index (χ3n) is 5.37. The Morgan fingerprint density at radius 2 is 1.66 bits per heavy atom. The van der Waals surface area contributed by atoms with Crippen LogP contribution in [0.3, 0.4) is 0 Å². The van der Waals surface area contributed by atoms with Gasteiger partial charge in [-0.05, 0) is 37.0 Å². The fraction of sp³-hybridized carbons (Fsp3) is 0.667. The molecule has 0 aromatic heterocycles. The predicted molar refractivity (Wildman–Crippen MR) is 98.4 cm³/mol. The summed E-state index contributed by atoms with van der Waals surface area (Å²) >= 11 is 0. The third-order valence-corrected chi connectivity index (χ3v) is 7.60. The quantitative estimate of drug-likeness (QED) is 0.377. The third kappa shape index (κ3) is 5.36. The summed E-state index contributed by atoms with van der Waals surface area (Å²) in [6.45, 7) is 6.07. The molecule has 5 nitrogen and oxygen atoms in total. The molecule has 1 N–H and O–H groups in total. The van der Waals surface area contributed by atoms with Crippen LogP contribution in [0.15, 0.2) is 9.79 Å². The highest BCUT2D eigenvalue weighted by molar-refractivity contribution is 7.86. The molecule has 1 aromatic carbocycles. The summed E-state index contributed by atoms with van der Waals surface area (Å²) in [5, 5.41) is 0. The number of hydrogen-bond donors (Lipinski definition) is 1. The van der Waals surface area contributed by atoms with Crippen LogP contribution in [0, 0.1) is 41.0 Å². The maximum absolute atomic E-state index is 14.1. The number of hydrogen-bond acceptors (Lipinski definition) is 4. The van der Waals surface area contributed by atoms with Crippen molar-refractivity contribution in [2.24, 2.45) is 17.8 Å². The van der Waals surface area contributed by atoms with Gasteiger partial charge in [0.15, 0.2) is 28.2 Å². The number of benzene rings is 1. The zero-order valence-corrected chi connectivity index (χ0v) is 17.9. The minimum Gasteiger partial charge on any atom is -0.377 e. The van der Waals surface area contributed by atoms with Gasteiger partial charge in [0.2, 0.25) is 0 Å². The van der Waals surface area contributed by atoms with Crippen LogP contribution in [0.4, 0.5) is 17.6 Å². The second kappa shape index (κ2) is 9.40. The van der Waals surface area contributed by atoms with Crippen molar-refractivity contribution in [3.63, 3.8) is 0 Å². The summed E-state index contributed by atoms with van der Waals surface area (Å²) in [4.78, 5) is -3.58. The topological polar surface area (TPSA) is 80.7 Å². The summed E-state index contributed by atoms with van der Waals surface area (Å²) in [6.07, 6.45) is 2.69. The Morgan fingerprint density at radius 1 is 1.10 bits per heavy atom. The number of halogens is 4. The van der Waals surface area contributed by atoms with Gasteiger partial charge in [0.05, 0.1) is 29.3 Å². The lowest BCUT2D eigenvalue weighted by Gasteiger charge is -2.36. The molecule has 1 fully saturated rings. The molecule has 0 amide bonds. The molecule has 0 saturated heterocycles. The van der Waals surface area contributed by atoms with E-state index in [4.69, 9.17) is 9.29 Å². The van der Waals surface area contributed by atoms with Crippen LogP contribution in [-0.2, 0) is 25.7 Å². The molecule has 1 aliphatic carbocycles. The predicted octanol–water partition coefficient (Wildman–Crippen LogP) is 4.07. The van der Waals surface area contributed by atoms with E-state index in [0.717, 1.165) is 19.3 Å². The SMILES string of the molecule is CC(C)[C@H]1CC[C@H](C)C(OCCS(=O)c2c(F)c(F)c(S(=O)(=O)O)c(F)c2F)C1. The van der Waals surface area contributed by atoms with Crippen LogP contribution in [0.2, 0.25) is 0 Å². The number of rotatable bonds is 7. The van der Waals surface area contributed by atoms with Gasteiger partial charge in [-0.25, -0.2) is 17.6 Å². The Kier molecular flexibility index (Phi) is 7.86. The normalized spacial score (nSPS) is 24.1. The molecule has 0 radical (unpaired) electrons. The first-order valence-electron chi connectivity index (χ1n) is 9.19. The van der Waals surface area contributed by atoms with Crippen molar-refractivity contribution < 1.29 is 39.5 Å². The summed E-state index contributed by atoms with van der Waals surface area (Å²) in [7, 11) is -8.08. The van der Waals surface area contributed by atoms with Gasteiger partial charge in [-0.15, -0.1) is 0 Å². The summed E-state index contributed by atoms with van der Waals surface area (Å²) < 4.78 is 105. The van der Waals surface area contributed by atoms with Gasteiger partial charge in [0, 0.05) is 0 Å². The van der Waals surface area contributed by atoms with Crippen LogP contribution in [0.25, 0.3) is 0 Å². The molecule has 29 heavy (non-hydrogen) atoms. The molecular formula is C18H24F4O5S2. The summed E-state index contributed by atoms with van der Waals surface area (Å²) in [5.41, 5.74) is 0. The highest BCUT2D eigenvalue weighted by Crippen LogP contribution is 2.35. The van der Waals surface area contributed by atoms with Crippen molar-refractivity contribution in [3.05, 3.63) is 23.3 Å². The molecule has 1 aliphatic rings. The highest BCUT2D eigenvalue weighted by atomic mass is 32.2. The second-order valence-electron chi connectivity index (χ2n) is 7.64. The summed E-state index contributed by atoms with van der Waals surface area (Å²) in [6, 6.07) is 0. The van der Waals surface area contributed by atoms with E-state index in [0.29, 0.717) is 11.8 Å². The Bertz CT molecular complexity index is 860. The van der Waals surface area contributed by atoms with Gasteiger partial charge in [0.25, 0.3) is 0 Å². The molecule has 0 aliphatic heterocycles. The minimum absolute atomic E-state index is 0.127. The van der Waals surface area contributed by atoms with Crippen molar-refractivity contribution in [3.8, 4) is 0 Å². The highest BCUT2D eigenvalue weighted by Gasteiger charge is 2.34. The van der Waals surface area contributed by atoms with Crippen LogP contribution in [0.5, 0.6) is 0 Å². The van der Waals surface area contributed by atoms with Gasteiger partial charge < -0.3 is 4.74 Å². The molecule has 0 heterocycles. The number of ether oxygens (including phenoxy) is 1. The first kappa shape index (κ1) is 24.2. The van der Waals surface area contributed by atoms with E-state index in [9.17, 15) is 30.2 Å². The van der Waals surface area contributed by atoms with E-state index in [1.54, 1.807) is 0 Å². The maximum Gasteiger partial charge on any atom is 0.300 e. The average molecular weight is 461 g/mol. The molecule has 1 aromatic rings. The molecule has 1 saturated carbocycles. The second-order valence-corrected chi connectivity index (χ2v) is 10.5. The van der Waals surface area contributed by atoms with E-state index >= 15 is 0 Å². The minimum atomic E-state index is -5.56. The first-order chi connectivity index (χ1) is 13.4. The van der Waals surface area contributed by atoms with Gasteiger partial charge in [0.1, 0.15) is 4.90 Å². The Balaban J connectivity index is 2.14. The van der Waals surface area contributed by atoms with E-state index in [1.165, 1.54) is 0 Å². The molecule has 166 valence electrons. The van der Waals surface area contributed by atoms with E-state index in [-0.39, 0.29) is 18.6 Å². The van der Waals surface area contributed by atoms with Crippen LogP contribution < -0.4 is 0 Å². The smallest absolute Gasteiger partial charge is 0.300 e. The van der Waals surface area contributed by atoms with E-state index < -0.39 is 59.7 Å². The molecule has 4 atom stereocenters. The lowest BCUT2D eigenvalue weighted by atomic mass is 9.76. The Labute approximate surface area is 170 Å². The molecular weight excluding hydrogens is 436 g/mol. The van der Waals surface area contributed by atoms with Crippen molar-refractivity contribution in [2.75, 3.05) is 12.4 Å². The van der Waals surface area contributed by atoms with Gasteiger partial charge in [-0.2, -0.15) is 8.42 Å². The molecule has 0 spiro atoms. The fourth-order valence-electron chi connectivity index (χ4n) is 3.54. The Hall–Kier alpha value is -1.04. The van der Waals surface area contributed by atoms with Crippen LogP contribution in [-0.4, -0.2) is 35.6 Å². The molecule has 2 rings (SSSR count). The van der Waals surface area contributed by atoms with Gasteiger partial charge in [-0.1, -0.05) is 20.8 Å². The molecule has 0 bridgehead atoms. The van der Waals surface area contributed by atoms with E-state index in [1.807, 2.05) is 6.92 Å². The van der Waals surface area contributed by atoms with E-state index in [2.05, 4.69) is 13.8 Å². The van der Waals surface area contributed by atoms with Crippen molar-refractivity contribution >= 4 is 20.9 Å². The fourth-order valence-corrected chi connectivity index (χ4v) is 5.21. The van der Waals surface area contributed by atoms with Crippen LogP contribution in [0.1, 0.15) is 40.0 Å². The zero-order chi connectivity index (χ0) is 22.1. The lowest BCUT2D eigenvalue weighted by molar-refractivity contribution is -0.0202. The van der Waals surface area contributed by atoms with Crippen molar-refractivity contribution in [1.29, 1.82) is 0 Å². The van der Waals surface area contributed by atoms with Crippen molar-refractivity contribution in [1.82, 2.24) is 0 Å². The first-order valence-corrected chi connectivity index (χ1v) is 12.0. The monoisotopic (exact) mass is 460 g/mol. The maximum atomic E-state index is 14.1. The zero-order valence-electron chi connectivity index (χ0n) is 16.3. The lowest BCUT2D eigenvalue weighted by Crippen LogP contribution is -2.33. The molecule has 11 heteroatoms. The standard InChI is InChI=1S/C18H24F4O5S2/c1-9(2)11-5-4-10(3)12(8-11)27-6-7-28(23)17-13(19)15(21)18(29(24,25)26)16(22)14(17)20/h9-12H,4-8H2,1-3H3,(H,24,25,26)/t10-,11-,12?,28?/m0/s1. The van der Waals surface area contributed by atoms with Gasteiger partial charge in [-0.3, -0.25) is 8.76 Å². The van der Waals surface area contributed by atoms with Crippen molar-refractivity contribution in [2.45, 2.75) is 55.9 Å². The summed E-state index contributed by atoms with van der Waals surface area (Å²) in [5.74, 6) is -8.15. The largest absolute Gasteiger partial charge is 0.377 e. The Morgan fingerprint density at radius 3 is 2.14 bits per heavy atom.